The van der Waals surface area contributed by atoms with E-state index in [0.29, 0.717) is 17.1 Å². The van der Waals surface area contributed by atoms with Crippen LogP contribution < -0.4 is 4.90 Å². The van der Waals surface area contributed by atoms with Gasteiger partial charge in [-0.15, -0.1) is 18.3 Å². The second-order valence-corrected chi connectivity index (χ2v) is 11.1. The van der Waals surface area contributed by atoms with Crippen LogP contribution in [0.25, 0.3) is 0 Å². The Morgan fingerprint density at radius 2 is 2.09 bits per heavy atom. The van der Waals surface area contributed by atoms with Crippen LogP contribution in [0.2, 0.25) is 5.02 Å². The van der Waals surface area contributed by atoms with Crippen molar-refractivity contribution in [3.05, 3.63) is 41.9 Å². The molecule has 3 fully saturated rings. The lowest BCUT2D eigenvalue weighted by Crippen LogP contribution is -2.57. The van der Waals surface area contributed by atoms with Gasteiger partial charge in [0.15, 0.2) is 0 Å². The number of esters is 1. The van der Waals surface area contributed by atoms with E-state index in [2.05, 4.69) is 13.5 Å². The number of hydrogen-bond acceptors (Lipinski definition) is 6. The number of fused-ring (bicyclic) bond motifs is 1. The van der Waals surface area contributed by atoms with Gasteiger partial charge < -0.3 is 19.6 Å². The lowest BCUT2D eigenvalue weighted by atomic mass is 9.66. The highest BCUT2D eigenvalue weighted by Crippen LogP contribution is 2.68. The fourth-order valence-corrected chi connectivity index (χ4v) is 8.54. The van der Waals surface area contributed by atoms with Crippen LogP contribution in [0.4, 0.5) is 5.69 Å². The first-order chi connectivity index (χ1) is 16.3. The second-order valence-electron chi connectivity index (χ2n) is 9.13. The van der Waals surface area contributed by atoms with Crippen molar-refractivity contribution in [3.8, 4) is 0 Å². The summed E-state index contributed by atoms with van der Waals surface area (Å²) in [6.07, 6.45) is 2.76. The number of likely N-dealkylation sites (tertiary alicyclic amines) is 1. The molecule has 3 unspecified atom stereocenters. The molecule has 0 aliphatic carbocycles. The average molecular weight is 507 g/mol. The van der Waals surface area contributed by atoms with Crippen LogP contribution in [0.15, 0.2) is 36.9 Å². The molecule has 4 rings (SSSR count). The van der Waals surface area contributed by atoms with Crippen molar-refractivity contribution in [2.24, 2.45) is 17.8 Å². The molecule has 0 radical (unpaired) electrons. The smallest absolute Gasteiger partial charge is 0.310 e. The lowest BCUT2D eigenvalue weighted by Gasteiger charge is -2.40. The number of thioether (sulfide) groups is 1. The highest BCUT2D eigenvalue weighted by atomic mass is 35.5. The van der Waals surface area contributed by atoms with Crippen molar-refractivity contribution in [1.82, 2.24) is 4.90 Å². The van der Waals surface area contributed by atoms with Crippen LogP contribution in [0.5, 0.6) is 0 Å². The van der Waals surface area contributed by atoms with E-state index >= 15 is 0 Å². The molecule has 1 spiro atoms. The Hall–Kier alpha value is -2.03. The summed E-state index contributed by atoms with van der Waals surface area (Å²) in [4.78, 5) is 44.3. The van der Waals surface area contributed by atoms with Crippen molar-refractivity contribution >= 4 is 46.8 Å². The van der Waals surface area contributed by atoms with Gasteiger partial charge >= 0.3 is 5.97 Å². The monoisotopic (exact) mass is 506 g/mol. The summed E-state index contributed by atoms with van der Waals surface area (Å²) in [6, 6.07) is 6.24. The van der Waals surface area contributed by atoms with Crippen molar-refractivity contribution in [2.45, 2.75) is 42.7 Å². The molecule has 1 N–H and O–H groups in total. The van der Waals surface area contributed by atoms with Gasteiger partial charge in [0.05, 0.1) is 23.2 Å². The third-order valence-electron chi connectivity index (χ3n) is 7.31. The van der Waals surface area contributed by atoms with E-state index in [9.17, 15) is 19.5 Å². The summed E-state index contributed by atoms with van der Waals surface area (Å²) >= 11 is 7.68. The predicted octanol–water partition coefficient (Wildman–Crippen LogP) is 3.14. The van der Waals surface area contributed by atoms with Crippen molar-refractivity contribution in [1.29, 1.82) is 0 Å². The molecular weight excluding hydrogens is 476 g/mol. The molecule has 2 bridgehead atoms. The quantitative estimate of drug-likeness (QED) is 0.409. The number of amides is 2. The van der Waals surface area contributed by atoms with Gasteiger partial charge in [-0.2, -0.15) is 0 Å². The highest BCUT2D eigenvalue weighted by molar-refractivity contribution is 8.02. The van der Waals surface area contributed by atoms with E-state index in [1.54, 1.807) is 58.8 Å². The lowest BCUT2D eigenvalue weighted by molar-refractivity contribution is -0.154. The molecule has 3 aliphatic heterocycles. The zero-order valence-electron chi connectivity index (χ0n) is 19.5. The number of halogens is 1. The minimum Gasteiger partial charge on any atom is -0.466 e. The van der Waals surface area contributed by atoms with E-state index in [4.69, 9.17) is 16.3 Å². The number of hydrogen-bond donors (Lipinski definition) is 1. The first-order valence-corrected chi connectivity index (χ1v) is 13.0. The highest BCUT2D eigenvalue weighted by Gasteiger charge is 2.76. The Labute approximate surface area is 209 Å². The summed E-state index contributed by atoms with van der Waals surface area (Å²) in [6.45, 7) is 8.32. The van der Waals surface area contributed by atoms with Crippen LogP contribution in [0.3, 0.4) is 0 Å². The van der Waals surface area contributed by atoms with Gasteiger partial charge in [-0.05, 0) is 49.9 Å². The number of anilines is 1. The van der Waals surface area contributed by atoms with Crippen molar-refractivity contribution in [3.63, 3.8) is 0 Å². The number of nitrogens with zero attached hydrogens (tertiary/aromatic N) is 2. The van der Waals surface area contributed by atoms with Crippen LogP contribution in [0, 0.1) is 17.8 Å². The van der Waals surface area contributed by atoms with Gasteiger partial charge in [0.1, 0.15) is 6.04 Å². The Morgan fingerprint density at radius 1 is 1.38 bits per heavy atom. The molecule has 7 nitrogen and oxygen atoms in total. The number of carbonyl (C=O) groups excluding carboxylic acids is 3. The van der Waals surface area contributed by atoms with Crippen LogP contribution in [-0.4, -0.2) is 70.1 Å². The topological polar surface area (TPSA) is 87.2 Å². The van der Waals surface area contributed by atoms with Gasteiger partial charge in [-0.25, -0.2) is 0 Å². The summed E-state index contributed by atoms with van der Waals surface area (Å²) in [5.74, 6) is -1.88. The number of carbonyl (C=O) groups is 3. The van der Waals surface area contributed by atoms with Gasteiger partial charge in [0, 0.05) is 35.7 Å². The fourth-order valence-electron chi connectivity index (χ4n) is 6.01. The molecule has 3 aliphatic rings. The van der Waals surface area contributed by atoms with Gasteiger partial charge in [-0.1, -0.05) is 24.6 Å². The molecule has 6 atom stereocenters. The Bertz CT molecular complexity index is 973. The molecule has 184 valence electrons. The number of ether oxygens (including phenoxy) is 1. The van der Waals surface area contributed by atoms with E-state index in [1.165, 1.54) is 0 Å². The zero-order chi connectivity index (χ0) is 24.6. The maximum Gasteiger partial charge on any atom is 0.310 e. The number of aliphatic hydroxyl groups is 1. The minimum atomic E-state index is -0.753. The van der Waals surface area contributed by atoms with Gasteiger partial charge in [0.2, 0.25) is 5.91 Å². The molecule has 0 saturated carbocycles. The zero-order valence-corrected chi connectivity index (χ0v) is 21.1. The number of aliphatic hydroxyl groups excluding tert-OH is 1. The molecule has 1 aromatic carbocycles. The maximum absolute atomic E-state index is 14.3. The molecule has 34 heavy (non-hydrogen) atoms. The summed E-state index contributed by atoms with van der Waals surface area (Å²) in [5, 5.41) is 10.00. The summed E-state index contributed by atoms with van der Waals surface area (Å²) < 4.78 is 4.64. The largest absolute Gasteiger partial charge is 0.466 e. The van der Waals surface area contributed by atoms with E-state index in [1.807, 2.05) is 0 Å². The molecule has 2 amide bonds. The second kappa shape index (κ2) is 9.91. The molecular formula is C25H31ClN2O5S. The predicted molar refractivity (Wildman–Crippen MR) is 133 cm³/mol. The third kappa shape index (κ3) is 3.84. The normalized spacial score (nSPS) is 31.5. The first kappa shape index (κ1) is 25.1. The average Bonchev–Trinajstić information content (AvgIpc) is 3.40. The van der Waals surface area contributed by atoms with Crippen LogP contribution in [0.1, 0.15) is 26.7 Å². The Balaban J connectivity index is 1.79. The molecule has 3 heterocycles. The Morgan fingerprint density at radius 3 is 2.71 bits per heavy atom. The summed E-state index contributed by atoms with van der Waals surface area (Å²) in [7, 11) is 0. The van der Waals surface area contributed by atoms with E-state index in [-0.39, 0.29) is 55.3 Å². The summed E-state index contributed by atoms with van der Waals surface area (Å²) in [5.41, 5.74) is 0.663. The van der Waals surface area contributed by atoms with Crippen LogP contribution in [-0.2, 0) is 19.1 Å². The third-order valence-corrected chi connectivity index (χ3v) is 9.64. The molecule has 1 aromatic rings. The van der Waals surface area contributed by atoms with Gasteiger partial charge in [-0.3, -0.25) is 14.4 Å². The SMILES string of the molecule is C=CCN(C(=O)C1N(CCCO)C(=O)[C@@H]2[C@H](C(=O)OCC)[C@@H]3CC(C)C12S3)c1ccc(Cl)cc1. The van der Waals surface area contributed by atoms with E-state index < -0.39 is 22.6 Å². The van der Waals surface area contributed by atoms with Crippen molar-refractivity contribution < 1.29 is 24.2 Å². The molecule has 3 saturated heterocycles. The Kier molecular flexibility index (Phi) is 7.31. The van der Waals surface area contributed by atoms with Crippen molar-refractivity contribution in [2.75, 3.05) is 31.2 Å². The molecule has 9 heteroatoms. The minimum absolute atomic E-state index is 0.0540. The van der Waals surface area contributed by atoms with E-state index in [0.717, 1.165) is 6.42 Å². The fraction of sp³-hybridized carbons (Fsp3) is 0.560. The first-order valence-electron chi connectivity index (χ1n) is 11.7. The van der Waals surface area contributed by atoms with Gasteiger partial charge in [0.25, 0.3) is 5.91 Å². The standard InChI is InChI=1S/C25H31ClN2O5S/c1-4-11-27(17-9-7-16(26)8-10-17)23(31)21-25-15(3)14-18(34-25)19(24(32)33-5-2)20(25)22(30)28(21)12-6-13-29/h4,7-10,15,18-21,29H,1,5-6,11-14H2,2-3H3/t15?,18-,19+,20-,21?,25?/m0/s1. The number of rotatable bonds is 9. The molecule has 0 aromatic heterocycles. The number of benzene rings is 1. The van der Waals surface area contributed by atoms with Crippen LogP contribution >= 0.6 is 23.4 Å². The maximum atomic E-state index is 14.3.